The molecule has 1 aliphatic heterocycles. The molecule has 21 heavy (non-hydrogen) atoms. The minimum atomic E-state index is -0.581. The maximum atomic E-state index is 12.5. The number of nitrogens with zero attached hydrogens (tertiary/aromatic N) is 1. The number of hydrogen-bond donors (Lipinski definition) is 2. The molecule has 3 N–H and O–H groups in total. The Hall–Kier alpha value is -1.92. The van der Waals surface area contributed by atoms with Crippen LogP contribution in [0.4, 0.5) is 0 Å². The fourth-order valence-corrected chi connectivity index (χ4v) is 2.48. The normalized spacial score (nSPS) is 20.0. The zero-order chi connectivity index (χ0) is 15.2. The van der Waals surface area contributed by atoms with E-state index in [1.807, 2.05) is 30.3 Å². The van der Waals surface area contributed by atoms with Gasteiger partial charge in [-0.25, -0.2) is 0 Å². The lowest BCUT2D eigenvalue weighted by molar-refractivity contribution is -0.145. The van der Waals surface area contributed by atoms with Crippen LogP contribution < -0.4 is 11.1 Å². The van der Waals surface area contributed by atoms with Crippen molar-refractivity contribution in [3.63, 3.8) is 0 Å². The lowest BCUT2D eigenvalue weighted by Crippen LogP contribution is -2.52. The standard InChI is InChI=1S/C15H21N3O3/c1-21-12(10-16)9-13(19)18-8-7-17-15(20)14(18)11-5-3-2-4-6-11/h2-6,12,14H,7-10,16H2,1H3,(H,17,20). The third kappa shape index (κ3) is 3.59. The largest absolute Gasteiger partial charge is 0.380 e. The van der Waals surface area contributed by atoms with E-state index in [0.29, 0.717) is 13.1 Å². The summed E-state index contributed by atoms with van der Waals surface area (Å²) in [6, 6.07) is 8.73. The number of nitrogens with two attached hydrogens (primary N) is 1. The van der Waals surface area contributed by atoms with Crippen LogP contribution in [0.5, 0.6) is 0 Å². The van der Waals surface area contributed by atoms with Gasteiger partial charge in [-0.3, -0.25) is 9.59 Å². The number of rotatable bonds is 5. The van der Waals surface area contributed by atoms with Crippen molar-refractivity contribution in [2.45, 2.75) is 18.6 Å². The molecule has 1 heterocycles. The van der Waals surface area contributed by atoms with E-state index in [-0.39, 0.29) is 30.9 Å². The molecule has 0 saturated carbocycles. The molecule has 0 bridgehead atoms. The van der Waals surface area contributed by atoms with Gasteiger partial charge in [0, 0.05) is 26.7 Å². The molecule has 2 unspecified atom stereocenters. The molecule has 6 nitrogen and oxygen atoms in total. The summed E-state index contributed by atoms with van der Waals surface area (Å²) in [5.74, 6) is -0.265. The lowest BCUT2D eigenvalue weighted by Gasteiger charge is -2.36. The highest BCUT2D eigenvalue weighted by molar-refractivity contribution is 5.90. The van der Waals surface area contributed by atoms with E-state index < -0.39 is 6.04 Å². The van der Waals surface area contributed by atoms with Crippen LogP contribution in [0.15, 0.2) is 30.3 Å². The van der Waals surface area contributed by atoms with E-state index in [0.717, 1.165) is 5.56 Å². The van der Waals surface area contributed by atoms with Crippen molar-refractivity contribution in [3.05, 3.63) is 35.9 Å². The summed E-state index contributed by atoms with van der Waals surface area (Å²) in [6.45, 7) is 1.23. The molecule has 1 aromatic rings. The highest BCUT2D eigenvalue weighted by atomic mass is 16.5. The summed E-state index contributed by atoms with van der Waals surface area (Å²) in [4.78, 5) is 26.2. The molecular formula is C15H21N3O3. The predicted octanol–water partition coefficient (Wildman–Crippen LogP) is 0.0499. The van der Waals surface area contributed by atoms with Crippen molar-refractivity contribution in [1.82, 2.24) is 10.2 Å². The monoisotopic (exact) mass is 291 g/mol. The molecule has 0 aromatic heterocycles. The van der Waals surface area contributed by atoms with Gasteiger partial charge in [0.25, 0.3) is 0 Å². The van der Waals surface area contributed by atoms with Crippen LogP contribution in [0.25, 0.3) is 0 Å². The molecule has 1 aromatic carbocycles. The van der Waals surface area contributed by atoms with Gasteiger partial charge in [0.15, 0.2) is 0 Å². The highest BCUT2D eigenvalue weighted by Gasteiger charge is 2.34. The molecule has 2 amide bonds. The third-order valence-electron chi connectivity index (χ3n) is 3.65. The maximum absolute atomic E-state index is 12.5. The van der Waals surface area contributed by atoms with E-state index in [4.69, 9.17) is 10.5 Å². The molecule has 114 valence electrons. The van der Waals surface area contributed by atoms with E-state index in [2.05, 4.69) is 5.32 Å². The number of hydrogen-bond acceptors (Lipinski definition) is 4. The first kappa shape index (κ1) is 15.5. The summed E-state index contributed by atoms with van der Waals surface area (Å²) in [6.07, 6.45) is -0.136. The molecule has 6 heteroatoms. The van der Waals surface area contributed by atoms with E-state index >= 15 is 0 Å². The molecule has 1 aliphatic rings. The minimum Gasteiger partial charge on any atom is -0.380 e. The summed E-state index contributed by atoms with van der Waals surface area (Å²) in [7, 11) is 1.53. The molecular weight excluding hydrogens is 270 g/mol. The predicted molar refractivity (Wildman–Crippen MR) is 78.4 cm³/mol. The third-order valence-corrected chi connectivity index (χ3v) is 3.65. The number of piperazine rings is 1. The van der Waals surface area contributed by atoms with Crippen molar-refractivity contribution in [1.29, 1.82) is 0 Å². The summed E-state index contributed by atoms with van der Waals surface area (Å²) in [5, 5.41) is 2.81. The number of methoxy groups -OCH3 is 1. The smallest absolute Gasteiger partial charge is 0.247 e. The van der Waals surface area contributed by atoms with Gasteiger partial charge >= 0.3 is 0 Å². The molecule has 2 atom stereocenters. The van der Waals surface area contributed by atoms with Crippen molar-refractivity contribution in [2.75, 3.05) is 26.7 Å². The van der Waals surface area contributed by atoms with Crippen LogP contribution >= 0.6 is 0 Å². The van der Waals surface area contributed by atoms with E-state index in [9.17, 15) is 9.59 Å². The molecule has 1 saturated heterocycles. The molecule has 1 fully saturated rings. The maximum Gasteiger partial charge on any atom is 0.247 e. The first-order chi connectivity index (χ1) is 10.2. The summed E-state index contributed by atoms with van der Waals surface area (Å²) in [5.41, 5.74) is 6.37. The summed E-state index contributed by atoms with van der Waals surface area (Å²) >= 11 is 0. The number of nitrogens with one attached hydrogen (secondary N) is 1. The Kier molecular flexibility index (Phi) is 5.30. The Bertz CT molecular complexity index is 488. The number of carbonyl (C=O) groups excluding carboxylic acids is 2. The Balaban J connectivity index is 2.19. The van der Waals surface area contributed by atoms with Gasteiger partial charge in [-0.2, -0.15) is 0 Å². The molecule has 2 rings (SSSR count). The van der Waals surface area contributed by atoms with E-state index in [1.54, 1.807) is 4.90 Å². The molecule has 0 aliphatic carbocycles. The average Bonchev–Trinajstić information content (AvgIpc) is 2.53. The van der Waals surface area contributed by atoms with Gasteiger partial charge in [0.05, 0.1) is 12.5 Å². The van der Waals surface area contributed by atoms with Crippen LogP contribution in [-0.4, -0.2) is 49.6 Å². The fraction of sp³-hybridized carbons (Fsp3) is 0.467. The first-order valence-electron chi connectivity index (χ1n) is 7.02. The van der Waals surface area contributed by atoms with Gasteiger partial charge in [-0.15, -0.1) is 0 Å². The van der Waals surface area contributed by atoms with Crippen molar-refractivity contribution in [3.8, 4) is 0 Å². The zero-order valence-electron chi connectivity index (χ0n) is 12.1. The van der Waals surface area contributed by atoms with Crippen molar-refractivity contribution >= 4 is 11.8 Å². The minimum absolute atomic E-state index is 0.115. The van der Waals surface area contributed by atoms with Gasteiger partial charge < -0.3 is 20.7 Å². The van der Waals surface area contributed by atoms with Crippen LogP contribution in [0.1, 0.15) is 18.0 Å². The number of benzene rings is 1. The second kappa shape index (κ2) is 7.19. The van der Waals surface area contributed by atoms with E-state index in [1.165, 1.54) is 7.11 Å². The van der Waals surface area contributed by atoms with Crippen LogP contribution in [0.2, 0.25) is 0 Å². The highest BCUT2D eigenvalue weighted by Crippen LogP contribution is 2.24. The van der Waals surface area contributed by atoms with Gasteiger partial charge in [-0.05, 0) is 5.56 Å². The van der Waals surface area contributed by atoms with Gasteiger partial charge in [-0.1, -0.05) is 30.3 Å². The van der Waals surface area contributed by atoms with Crippen LogP contribution in [-0.2, 0) is 14.3 Å². The number of ether oxygens (including phenoxy) is 1. The van der Waals surface area contributed by atoms with Crippen molar-refractivity contribution in [2.24, 2.45) is 5.73 Å². The Morgan fingerprint density at radius 1 is 1.48 bits per heavy atom. The molecule has 0 radical (unpaired) electrons. The Labute approximate surface area is 124 Å². The average molecular weight is 291 g/mol. The molecule has 0 spiro atoms. The number of amides is 2. The first-order valence-corrected chi connectivity index (χ1v) is 7.02. The van der Waals surface area contributed by atoms with Gasteiger partial charge in [0.2, 0.25) is 11.8 Å². The van der Waals surface area contributed by atoms with Gasteiger partial charge in [0.1, 0.15) is 6.04 Å². The SMILES string of the molecule is COC(CN)CC(=O)N1CCNC(=O)C1c1ccccc1. The Morgan fingerprint density at radius 3 is 2.81 bits per heavy atom. The van der Waals surface area contributed by atoms with Crippen molar-refractivity contribution < 1.29 is 14.3 Å². The topological polar surface area (TPSA) is 84.7 Å². The van der Waals surface area contributed by atoms with Crippen LogP contribution in [0.3, 0.4) is 0 Å². The number of carbonyl (C=O) groups is 2. The summed E-state index contributed by atoms with van der Waals surface area (Å²) < 4.78 is 5.16. The van der Waals surface area contributed by atoms with Crippen LogP contribution in [0, 0.1) is 0 Å². The zero-order valence-corrected chi connectivity index (χ0v) is 12.1. The quantitative estimate of drug-likeness (QED) is 0.803. The fourth-order valence-electron chi connectivity index (χ4n) is 2.48. The second-order valence-corrected chi connectivity index (χ2v) is 4.99. The second-order valence-electron chi connectivity index (χ2n) is 4.99. The lowest BCUT2D eigenvalue weighted by atomic mass is 10.0. The Morgan fingerprint density at radius 2 is 2.19 bits per heavy atom.